The summed E-state index contributed by atoms with van der Waals surface area (Å²) in [6, 6.07) is 0.231. The molecular formula is C15H27NO2S. The summed E-state index contributed by atoms with van der Waals surface area (Å²) < 4.78 is 0. The molecule has 2 rings (SSSR count). The van der Waals surface area contributed by atoms with Crippen molar-refractivity contribution >= 4 is 17.7 Å². The lowest BCUT2D eigenvalue weighted by Gasteiger charge is -2.28. The van der Waals surface area contributed by atoms with E-state index in [4.69, 9.17) is 0 Å². The number of carboxylic acid groups (broad SMARTS) is 1. The molecule has 0 aliphatic heterocycles. The quantitative estimate of drug-likeness (QED) is 0.786. The van der Waals surface area contributed by atoms with Crippen LogP contribution in [0.3, 0.4) is 0 Å². The maximum Gasteiger partial charge on any atom is 0.323 e. The Morgan fingerprint density at radius 2 is 2.05 bits per heavy atom. The molecule has 2 fully saturated rings. The van der Waals surface area contributed by atoms with Crippen molar-refractivity contribution in [2.45, 2.75) is 75.6 Å². The summed E-state index contributed by atoms with van der Waals surface area (Å²) in [7, 11) is 0. The highest BCUT2D eigenvalue weighted by Crippen LogP contribution is 2.40. The molecule has 0 spiro atoms. The first-order valence-corrected chi connectivity index (χ1v) is 8.69. The van der Waals surface area contributed by atoms with Gasteiger partial charge in [-0.3, -0.25) is 10.1 Å². The Labute approximate surface area is 120 Å². The fourth-order valence-corrected chi connectivity index (χ4v) is 5.10. The van der Waals surface area contributed by atoms with Crippen LogP contribution >= 0.6 is 11.8 Å². The zero-order valence-electron chi connectivity index (χ0n) is 12.2. The summed E-state index contributed by atoms with van der Waals surface area (Å²) in [5, 5.41) is 13.4. The molecule has 2 atom stereocenters. The Hall–Kier alpha value is -0.220. The Bertz CT molecular complexity index is 315. The molecule has 2 aliphatic rings. The molecule has 0 saturated heterocycles. The van der Waals surface area contributed by atoms with Gasteiger partial charge in [-0.15, -0.1) is 0 Å². The third-order valence-electron chi connectivity index (χ3n) is 4.49. The van der Waals surface area contributed by atoms with E-state index in [-0.39, 0.29) is 6.04 Å². The normalized spacial score (nSPS) is 32.3. The van der Waals surface area contributed by atoms with Crippen LogP contribution in [-0.2, 0) is 4.79 Å². The molecular weight excluding hydrogens is 258 g/mol. The van der Waals surface area contributed by atoms with Crippen molar-refractivity contribution in [3.05, 3.63) is 0 Å². The average Bonchev–Trinajstić information content (AvgIpc) is 2.95. The summed E-state index contributed by atoms with van der Waals surface area (Å²) in [6.45, 7) is 4.06. The minimum atomic E-state index is -0.665. The van der Waals surface area contributed by atoms with Gasteiger partial charge >= 0.3 is 5.97 Å². The highest BCUT2D eigenvalue weighted by Gasteiger charge is 2.45. The number of thioether (sulfide) groups is 1. The van der Waals surface area contributed by atoms with Gasteiger partial charge in [0.05, 0.1) is 0 Å². The van der Waals surface area contributed by atoms with Crippen molar-refractivity contribution in [3.8, 4) is 0 Å². The lowest BCUT2D eigenvalue weighted by atomic mass is 9.97. The average molecular weight is 285 g/mol. The van der Waals surface area contributed by atoms with Crippen molar-refractivity contribution < 1.29 is 9.90 Å². The van der Waals surface area contributed by atoms with Gasteiger partial charge in [0.2, 0.25) is 0 Å². The van der Waals surface area contributed by atoms with Gasteiger partial charge in [-0.05, 0) is 57.6 Å². The fraction of sp³-hybridized carbons (Fsp3) is 0.933. The third kappa shape index (κ3) is 3.88. The molecule has 0 radical (unpaired) electrons. The van der Waals surface area contributed by atoms with Crippen LogP contribution in [0.15, 0.2) is 0 Å². The lowest BCUT2D eigenvalue weighted by Crippen LogP contribution is -2.53. The molecule has 0 amide bonds. The molecule has 4 heteroatoms. The Morgan fingerprint density at radius 1 is 1.37 bits per heavy atom. The van der Waals surface area contributed by atoms with Gasteiger partial charge in [0, 0.05) is 11.3 Å². The summed E-state index contributed by atoms with van der Waals surface area (Å²) in [6.07, 6.45) is 8.17. The second kappa shape index (κ2) is 6.49. The smallest absolute Gasteiger partial charge is 0.323 e. The van der Waals surface area contributed by atoms with Crippen molar-refractivity contribution in [1.29, 1.82) is 0 Å². The molecule has 0 aromatic heterocycles. The summed E-state index contributed by atoms with van der Waals surface area (Å²) in [5.74, 6) is 1.47. The largest absolute Gasteiger partial charge is 0.480 e. The maximum atomic E-state index is 11.6. The van der Waals surface area contributed by atoms with Gasteiger partial charge in [-0.25, -0.2) is 0 Å². The maximum absolute atomic E-state index is 11.6. The van der Waals surface area contributed by atoms with Crippen molar-refractivity contribution in [2.24, 2.45) is 5.92 Å². The van der Waals surface area contributed by atoms with Crippen LogP contribution in [0.4, 0.5) is 0 Å². The minimum absolute atomic E-state index is 0.231. The molecule has 110 valence electrons. The van der Waals surface area contributed by atoms with Crippen LogP contribution in [0, 0.1) is 5.92 Å². The predicted molar refractivity (Wildman–Crippen MR) is 80.7 cm³/mol. The minimum Gasteiger partial charge on any atom is -0.480 e. The van der Waals surface area contributed by atoms with E-state index < -0.39 is 11.5 Å². The molecule has 2 unspecified atom stereocenters. The second-order valence-corrected chi connectivity index (χ2v) is 7.87. The zero-order chi connectivity index (χ0) is 13.9. The van der Waals surface area contributed by atoms with Gasteiger partial charge in [0.25, 0.3) is 0 Å². The van der Waals surface area contributed by atoms with Gasteiger partial charge < -0.3 is 5.11 Å². The van der Waals surface area contributed by atoms with Crippen molar-refractivity contribution in [2.75, 3.05) is 5.75 Å². The second-order valence-electron chi connectivity index (χ2n) is 6.53. The van der Waals surface area contributed by atoms with E-state index in [1.807, 2.05) is 25.6 Å². The van der Waals surface area contributed by atoms with E-state index in [0.29, 0.717) is 5.25 Å². The summed E-state index contributed by atoms with van der Waals surface area (Å²) in [5.41, 5.74) is -0.665. The van der Waals surface area contributed by atoms with Crippen LogP contribution in [0.5, 0.6) is 0 Å². The first-order valence-electron chi connectivity index (χ1n) is 7.64. The van der Waals surface area contributed by atoms with E-state index in [1.54, 1.807) is 0 Å². The molecule has 0 bridgehead atoms. The number of rotatable bonds is 6. The summed E-state index contributed by atoms with van der Waals surface area (Å²) >= 11 is 2.02. The van der Waals surface area contributed by atoms with Gasteiger partial charge in [-0.2, -0.15) is 11.8 Å². The van der Waals surface area contributed by atoms with E-state index >= 15 is 0 Å². The molecule has 2 aliphatic carbocycles. The molecule has 0 aromatic rings. The van der Waals surface area contributed by atoms with Crippen LogP contribution in [0.1, 0.15) is 58.8 Å². The molecule has 19 heavy (non-hydrogen) atoms. The molecule has 3 nitrogen and oxygen atoms in total. The molecule has 2 N–H and O–H groups in total. The van der Waals surface area contributed by atoms with Crippen molar-refractivity contribution in [1.82, 2.24) is 5.32 Å². The fourth-order valence-electron chi connectivity index (χ4n) is 3.53. The SMILES string of the molecule is CC(C)NC1(C(=O)O)CCC(SCC2CCCC2)C1. The van der Waals surface area contributed by atoms with Crippen molar-refractivity contribution in [3.63, 3.8) is 0 Å². The predicted octanol–water partition coefficient (Wildman–Crippen LogP) is 3.28. The van der Waals surface area contributed by atoms with E-state index in [2.05, 4.69) is 5.32 Å². The van der Waals surface area contributed by atoms with Gasteiger partial charge in [-0.1, -0.05) is 12.8 Å². The topological polar surface area (TPSA) is 49.3 Å². The molecule has 0 aromatic carbocycles. The molecule has 0 heterocycles. The Balaban J connectivity index is 1.83. The number of hydrogen-bond acceptors (Lipinski definition) is 3. The van der Waals surface area contributed by atoms with E-state index in [1.165, 1.54) is 31.4 Å². The monoisotopic (exact) mass is 285 g/mol. The van der Waals surface area contributed by atoms with Crippen LogP contribution in [0.25, 0.3) is 0 Å². The van der Waals surface area contributed by atoms with Crippen LogP contribution < -0.4 is 5.32 Å². The van der Waals surface area contributed by atoms with Gasteiger partial charge in [0.1, 0.15) is 5.54 Å². The Kier molecular flexibility index (Phi) is 5.18. The lowest BCUT2D eigenvalue weighted by molar-refractivity contribution is -0.145. The van der Waals surface area contributed by atoms with E-state index in [9.17, 15) is 9.90 Å². The summed E-state index contributed by atoms with van der Waals surface area (Å²) in [4.78, 5) is 11.6. The third-order valence-corrected chi connectivity index (χ3v) is 6.02. The van der Waals surface area contributed by atoms with Gasteiger partial charge in [0.15, 0.2) is 0 Å². The first-order chi connectivity index (χ1) is 9.02. The van der Waals surface area contributed by atoms with Crippen LogP contribution in [0.2, 0.25) is 0 Å². The number of hydrogen-bond donors (Lipinski definition) is 2. The zero-order valence-corrected chi connectivity index (χ0v) is 13.0. The molecule has 2 saturated carbocycles. The highest BCUT2D eigenvalue weighted by molar-refractivity contribution is 7.99. The number of carboxylic acids is 1. The first kappa shape index (κ1) is 15.2. The number of carbonyl (C=O) groups is 1. The van der Waals surface area contributed by atoms with E-state index in [0.717, 1.165) is 25.2 Å². The van der Waals surface area contributed by atoms with Crippen LogP contribution in [-0.4, -0.2) is 33.7 Å². The Morgan fingerprint density at radius 3 is 2.63 bits per heavy atom. The number of aliphatic carboxylic acids is 1. The standard InChI is InChI=1S/C15H27NO2S/c1-11(2)16-15(14(17)18)8-7-13(9-15)19-10-12-5-3-4-6-12/h11-13,16H,3-10H2,1-2H3,(H,17,18). The number of nitrogens with one attached hydrogen (secondary N) is 1. The highest BCUT2D eigenvalue weighted by atomic mass is 32.2.